The summed E-state index contributed by atoms with van der Waals surface area (Å²) in [5.41, 5.74) is 1.69. The van der Waals surface area contributed by atoms with Crippen molar-refractivity contribution in [2.45, 2.75) is 18.6 Å². The number of nitrogens with zero attached hydrogens (tertiary/aromatic N) is 1. The van der Waals surface area contributed by atoms with E-state index in [-0.39, 0.29) is 25.0 Å². The molecule has 2 aromatic carbocycles. The van der Waals surface area contributed by atoms with Gasteiger partial charge in [-0.2, -0.15) is 0 Å². The first-order valence-corrected chi connectivity index (χ1v) is 9.48. The molecule has 156 valence electrons. The van der Waals surface area contributed by atoms with Crippen LogP contribution in [0.1, 0.15) is 17.2 Å². The van der Waals surface area contributed by atoms with E-state index in [0.29, 0.717) is 30.4 Å². The van der Waals surface area contributed by atoms with E-state index >= 15 is 0 Å². The smallest absolute Gasteiger partial charge is 0.227 e. The van der Waals surface area contributed by atoms with E-state index in [4.69, 9.17) is 18.9 Å². The van der Waals surface area contributed by atoms with E-state index in [0.717, 1.165) is 11.1 Å². The van der Waals surface area contributed by atoms with Crippen LogP contribution >= 0.6 is 0 Å². The zero-order valence-corrected chi connectivity index (χ0v) is 17.0. The van der Waals surface area contributed by atoms with Gasteiger partial charge in [0.25, 0.3) is 0 Å². The fourth-order valence-corrected chi connectivity index (χ4v) is 3.72. The molecule has 0 bridgehead atoms. The van der Waals surface area contributed by atoms with Gasteiger partial charge in [0.15, 0.2) is 11.5 Å². The van der Waals surface area contributed by atoms with Crippen LogP contribution in [0.4, 0.5) is 0 Å². The lowest BCUT2D eigenvalue weighted by Crippen LogP contribution is -2.49. The second kappa shape index (κ2) is 9.62. The Hall–Kier alpha value is -2.77. The Kier molecular flexibility index (Phi) is 6.95. The Morgan fingerprint density at radius 1 is 1.10 bits per heavy atom. The average Bonchev–Trinajstić information content (AvgIpc) is 2.78. The number of morpholine rings is 1. The molecule has 1 aliphatic heterocycles. The minimum Gasteiger partial charge on any atom is -0.493 e. The number of hydrogen-bond donors (Lipinski definition) is 1. The SMILES string of the molecule is COc1cc(CC(=O)N2CCO[C@H](CO)[C@H]2c2ccccc2)cc(OC)c1OC. The molecule has 3 rings (SSSR count). The predicted molar refractivity (Wildman–Crippen MR) is 108 cm³/mol. The molecule has 0 aliphatic carbocycles. The monoisotopic (exact) mass is 401 g/mol. The van der Waals surface area contributed by atoms with Gasteiger partial charge in [-0.1, -0.05) is 30.3 Å². The zero-order valence-electron chi connectivity index (χ0n) is 17.0. The van der Waals surface area contributed by atoms with Crippen LogP contribution in [0.2, 0.25) is 0 Å². The van der Waals surface area contributed by atoms with Gasteiger partial charge in [-0.25, -0.2) is 0 Å². The zero-order chi connectivity index (χ0) is 20.8. The Labute approximate surface area is 170 Å². The summed E-state index contributed by atoms with van der Waals surface area (Å²) in [6.07, 6.45) is -0.298. The van der Waals surface area contributed by atoms with Crippen molar-refractivity contribution in [2.24, 2.45) is 0 Å². The maximum atomic E-state index is 13.2. The number of ether oxygens (including phenoxy) is 4. The second-order valence-corrected chi connectivity index (χ2v) is 6.74. The third-order valence-corrected chi connectivity index (χ3v) is 5.07. The number of amides is 1. The minimum atomic E-state index is -0.463. The minimum absolute atomic E-state index is 0.0603. The summed E-state index contributed by atoms with van der Waals surface area (Å²) in [7, 11) is 4.63. The van der Waals surface area contributed by atoms with Crippen molar-refractivity contribution in [2.75, 3.05) is 41.1 Å². The van der Waals surface area contributed by atoms with Crippen LogP contribution in [0.15, 0.2) is 42.5 Å². The lowest BCUT2D eigenvalue weighted by Gasteiger charge is -2.41. The number of aliphatic hydroxyl groups is 1. The van der Waals surface area contributed by atoms with Gasteiger partial charge in [-0.05, 0) is 23.3 Å². The fourth-order valence-electron chi connectivity index (χ4n) is 3.72. The van der Waals surface area contributed by atoms with Crippen LogP contribution in [0, 0.1) is 0 Å². The molecule has 1 saturated heterocycles. The highest BCUT2D eigenvalue weighted by molar-refractivity contribution is 5.80. The summed E-state index contributed by atoms with van der Waals surface area (Å²) in [5.74, 6) is 1.43. The van der Waals surface area contributed by atoms with Gasteiger partial charge < -0.3 is 29.0 Å². The third kappa shape index (κ3) is 4.46. The lowest BCUT2D eigenvalue weighted by atomic mass is 9.97. The van der Waals surface area contributed by atoms with Crippen LogP contribution in [0.25, 0.3) is 0 Å². The number of carbonyl (C=O) groups excluding carboxylic acids is 1. The van der Waals surface area contributed by atoms with Crippen molar-refractivity contribution >= 4 is 5.91 Å². The molecule has 7 nitrogen and oxygen atoms in total. The van der Waals surface area contributed by atoms with E-state index in [1.807, 2.05) is 30.3 Å². The molecular weight excluding hydrogens is 374 g/mol. The van der Waals surface area contributed by atoms with Gasteiger partial charge in [-0.3, -0.25) is 4.79 Å². The van der Waals surface area contributed by atoms with Gasteiger partial charge in [-0.15, -0.1) is 0 Å². The molecule has 0 aromatic heterocycles. The van der Waals surface area contributed by atoms with Crippen LogP contribution < -0.4 is 14.2 Å². The van der Waals surface area contributed by atoms with Crippen molar-refractivity contribution in [3.8, 4) is 17.2 Å². The summed E-state index contributed by atoms with van der Waals surface area (Å²) in [6, 6.07) is 12.9. The van der Waals surface area contributed by atoms with E-state index in [1.54, 1.807) is 38.4 Å². The van der Waals surface area contributed by atoms with Crippen molar-refractivity contribution in [3.63, 3.8) is 0 Å². The fraction of sp³-hybridized carbons (Fsp3) is 0.409. The van der Waals surface area contributed by atoms with Crippen molar-refractivity contribution in [1.29, 1.82) is 0 Å². The Morgan fingerprint density at radius 3 is 2.31 bits per heavy atom. The first-order valence-electron chi connectivity index (χ1n) is 9.48. The Balaban J connectivity index is 1.88. The van der Waals surface area contributed by atoms with Crippen LogP contribution in [0.3, 0.4) is 0 Å². The van der Waals surface area contributed by atoms with Gasteiger partial charge in [0, 0.05) is 6.54 Å². The molecule has 2 atom stereocenters. The molecule has 1 fully saturated rings. The summed E-state index contributed by atoms with van der Waals surface area (Å²) in [6.45, 7) is 0.683. The second-order valence-electron chi connectivity index (χ2n) is 6.74. The third-order valence-electron chi connectivity index (χ3n) is 5.07. The molecule has 7 heteroatoms. The molecule has 0 spiro atoms. The molecule has 1 N–H and O–H groups in total. The summed E-state index contributed by atoms with van der Waals surface area (Å²) in [4.78, 5) is 15.0. The number of rotatable bonds is 7. The topological polar surface area (TPSA) is 77.5 Å². The van der Waals surface area contributed by atoms with Crippen LogP contribution in [-0.2, 0) is 16.0 Å². The molecule has 1 amide bonds. The number of aliphatic hydroxyl groups excluding tert-OH is 1. The summed E-state index contributed by atoms with van der Waals surface area (Å²) in [5, 5.41) is 9.80. The van der Waals surface area contributed by atoms with E-state index < -0.39 is 6.10 Å². The number of benzene rings is 2. The normalized spacial score (nSPS) is 19.0. The molecule has 29 heavy (non-hydrogen) atoms. The molecule has 0 saturated carbocycles. The Bertz CT molecular complexity index is 800. The summed E-state index contributed by atoms with van der Waals surface area (Å²) < 4.78 is 21.9. The molecular formula is C22H27NO6. The molecule has 2 aromatic rings. The van der Waals surface area contributed by atoms with E-state index in [2.05, 4.69) is 0 Å². The average molecular weight is 401 g/mol. The highest BCUT2D eigenvalue weighted by Crippen LogP contribution is 2.38. The maximum Gasteiger partial charge on any atom is 0.227 e. The lowest BCUT2D eigenvalue weighted by molar-refractivity contribution is -0.149. The summed E-state index contributed by atoms with van der Waals surface area (Å²) >= 11 is 0. The maximum absolute atomic E-state index is 13.2. The number of carbonyl (C=O) groups is 1. The number of hydrogen-bond acceptors (Lipinski definition) is 6. The first-order chi connectivity index (χ1) is 14.1. The van der Waals surface area contributed by atoms with E-state index in [1.165, 1.54) is 0 Å². The van der Waals surface area contributed by atoms with Crippen LogP contribution in [0.5, 0.6) is 17.2 Å². The molecule has 1 aliphatic rings. The standard InChI is InChI=1S/C22H27NO6/c1-26-17-11-15(12-18(27-2)22(17)28-3)13-20(25)23-9-10-29-19(14-24)21(23)16-7-5-4-6-8-16/h4-8,11-12,19,21,24H,9-10,13-14H2,1-3H3/t19-,21-/m1/s1. The van der Waals surface area contributed by atoms with Crippen molar-refractivity contribution in [1.82, 2.24) is 4.90 Å². The number of methoxy groups -OCH3 is 3. The highest BCUT2D eigenvalue weighted by atomic mass is 16.5. The van der Waals surface area contributed by atoms with Crippen molar-refractivity contribution in [3.05, 3.63) is 53.6 Å². The molecule has 0 unspecified atom stereocenters. The van der Waals surface area contributed by atoms with Crippen LogP contribution in [-0.4, -0.2) is 63.1 Å². The predicted octanol–water partition coefficient (Wildman–Crippen LogP) is 2.22. The Morgan fingerprint density at radius 2 is 1.76 bits per heavy atom. The van der Waals surface area contributed by atoms with Gasteiger partial charge in [0.05, 0.1) is 47.0 Å². The van der Waals surface area contributed by atoms with Gasteiger partial charge in [0.1, 0.15) is 6.10 Å². The van der Waals surface area contributed by atoms with Gasteiger partial charge >= 0.3 is 0 Å². The van der Waals surface area contributed by atoms with Gasteiger partial charge in [0.2, 0.25) is 11.7 Å². The first kappa shape index (κ1) is 21.0. The van der Waals surface area contributed by atoms with Crippen molar-refractivity contribution < 1.29 is 28.8 Å². The highest BCUT2D eigenvalue weighted by Gasteiger charge is 2.36. The molecule has 0 radical (unpaired) electrons. The largest absolute Gasteiger partial charge is 0.493 e. The quantitative estimate of drug-likeness (QED) is 0.767. The molecule has 1 heterocycles. The van der Waals surface area contributed by atoms with E-state index in [9.17, 15) is 9.90 Å².